The van der Waals surface area contributed by atoms with Gasteiger partial charge in [0, 0.05) is 25.3 Å². The molecule has 0 bridgehead atoms. The van der Waals surface area contributed by atoms with Crippen LogP contribution in [0.2, 0.25) is 0 Å². The van der Waals surface area contributed by atoms with E-state index < -0.39 is 14.6 Å². The summed E-state index contributed by atoms with van der Waals surface area (Å²) in [5.41, 5.74) is 5.52. The van der Waals surface area contributed by atoms with Crippen molar-refractivity contribution in [3.8, 4) is 0 Å². The Balaban J connectivity index is 4.11. The molecule has 0 aliphatic heterocycles. The molecule has 6 heteroatoms. The average Bonchev–Trinajstić information content (AvgIpc) is 2.09. The number of amides is 1. The molecule has 5 nitrogen and oxygen atoms in total. The monoisotopic (exact) mass is 250 g/mol. The molecule has 0 radical (unpaired) electrons. The Morgan fingerprint density at radius 1 is 1.44 bits per heavy atom. The molecular weight excluding hydrogens is 228 g/mol. The van der Waals surface area contributed by atoms with Crippen LogP contribution >= 0.6 is 0 Å². The summed E-state index contributed by atoms with van der Waals surface area (Å²) >= 11 is 0. The average molecular weight is 250 g/mol. The second-order valence-corrected chi connectivity index (χ2v) is 7.47. The molecule has 96 valence electrons. The van der Waals surface area contributed by atoms with Crippen LogP contribution in [-0.2, 0) is 14.6 Å². The fraction of sp³-hybridized carbons (Fsp3) is 0.900. The van der Waals surface area contributed by atoms with Gasteiger partial charge in [-0.25, -0.2) is 8.42 Å². The van der Waals surface area contributed by atoms with E-state index in [-0.39, 0.29) is 18.5 Å². The van der Waals surface area contributed by atoms with E-state index in [0.717, 1.165) is 0 Å². The first-order chi connectivity index (χ1) is 7.06. The van der Waals surface area contributed by atoms with Crippen molar-refractivity contribution >= 4 is 15.7 Å². The largest absolute Gasteiger partial charge is 0.355 e. The van der Waals surface area contributed by atoms with Crippen molar-refractivity contribution in [3.05, 3.63) is 0 Å². The van der Waals surface area contributed by atoms with Gasteiger partial charge in [-0.15, -0.1) is 0 Å². The molecule has 0 fully saturated rings. The van der Waals surface area contributed by atoms with E-state index in [0.29, 0.717) is 12.8 Å². The van der Waals surface area contributed by atoms with Crippen LogP contribution in [0.1, 0.15) is 33.6 Å². The van der Waals surface area contributed by atoms with E-state index in [1.54, 1.807) is 13.8 Å². The summed E-state index contributed by atoms with van der Waals surface area (Å²) in [6.45, 7) is 5.14. The Bertz CT molecular complexity index is 334. The highest BCUT2D eigenvalue weighted by Crippen LogP contribution is 2.13. The molecule has 0 aromatic rings. The zero-order valence-corrected chi connectivity index (χ0v) is 11.2. The Hall–Kier alpha value is -0.620. The standard InChI is InChI=1S/C10H22N2O3S/c1-8(11)5-6-9(13)12-7-10(2,3)16(4,14)15/h8H,5-7,11H2,1-4H3,(H,12,13). The Kier molecular flexibility index (Phi) is 5.41. The highest BCUT2D eigenvalue weighted by atomic mass is 32.2. The lowest BCUT2D eigenvalue weighted by Crippen LogP contribution is -2.43. The van der Waals surface area contributed by atoms with Gasteiger partial charge >= 0.3 is 0 Å². The van der Waals surface area contributed by atoms with Crippen molar-refractivity contribution in [1.82, 2.24) is 5.32 Å². The molecule has 0 aromatic heterocycles. The van der Waals surface area contributed by atoms with Crippen LogP contribution in [0.15, 0.2) is 0 Å². The van der Waals surface area contributed by atoms with Gasteiger partial charge in [0.1, 0.15) is 0 Å². The van der Waals surface area contributed by atoms with Crippen LogP contribution in [0, 0.1) is 0 Å². The fourth-order valence-electron chi connectivity index (χ4n) is 0.890. The second-order valence-electron chi connectivity index (χ2n) is 4.82. The molecule has 1 atom stereocenters. The van der Waals surface area contributed by atoms with Crippen molar-refractivity contribution in [3.63, 3.8) is 0 Å². The SMILES string of the molecule is CC(N)CCC(=O)NCC(C)(C)S(C)(=O)=O. The first-order valence-electron chi connectivity index (χ1n) is 5.28. The maximum atomic E-state index is 11.4. The van der Waals surface area contributed by atoms with E-state index >= 15 is 0 Å². The molecule has 0 saturated heterocycles. The van der Waals surface area contributed by atoms with Crippen molar-refractivity contribution in [1.29, 1.82) is 0 Å². The first-order valence-corrected chi connectivity index (χ1v) is 7.17. The maximum absolute atomic E-state index is 11.4. The molecule has 16 heavy (non-hydrogen) atoms. The minimum atomic E-state index is -3.17. The summed E-state index contributed by atoms with van der Waals surface area (Å²) in [4.78, 5) is 11.4. The number of carbonyl (C=O) groups is 1. The molecule has 3 N–H and O–H groups in total. The fourth-order valence-corrected chi connectivity index (χ4v) is 1.22. The van der Waals surface area contributed by atoms with Crippen LogP contribution in [0.5, 0.6) is 0 Å². The smallest absolute Gasteiger partial charge is 0.220 e. The maximum Gasteiger partial charge on any atom is 0.220 e. The van der Waals surface area contributed by atoms with Gasteiger partial charge in [-0.05, 0) is 27.2 Å². The summed E-state index contributed by atoms with van der Waals surface area (Å²) in [6.07, 6.45) is 2.10. The summed E-state index contributed by atoms with van der Waals surface area (Å²) < 4.78 is 21.8. The minimum absolute atomic E-state index is 0.0198. The number of sulfone groups is 1. The Labute approximate surface area is 97.7 Å². The molecule has 1 unspecified atom stereocenters. The zero-order valence-electron chi connectivity index (χ0n) is 10.4. The van der Waals surface area contributed by atoms with Crippen LogP contribution in [-0.4, -0.2) is 37.9 Å². The predicted molar refractivity (Wildman–Crippen MR) is 64.8 cm³/mol. The molecule has 0 heterocycles. The number of carbonyl (C=O) groups excluding carboxylic acids is 1. The summed E-state index contributed by atoms with van der Waals surface area (Å²) in [7, 11) is -3.17. The third-order valence-corrected chi connectivity index (χ3v) is 4.69. The topological polar surface area (TPSA) is 89.3 Å². The van der Waals surface area contributed by atoms with E-state index in [1.807, 2.05) is 6.92 Å². The molecular formula is C10H22N2O3S. The third kappa shape index (κ3) is 5.46. The molecule has 1 amide bonds. The molecule has 0 spiro atoms. The van der Waals surface area contributed by atoms with E-state index in [4.69, 9.17) is 5.73 Å². The van der Waals surface area contributed by atoms with Gasteiger partial charge in [-0.3, -0.25) is 4.79 Å². The number of nitrogens with one attached hydrogen (secondary N) is 1. The van der Waals surface area contributed by atoms with Gasteiger partial charge in [0.25, 0.3) is 0 Å². The van der Waals surface area contributed by atoms with Gasteiger partial charge < -0.3 is 11.1 Å². The molecule has 0 saturated carbocycles. The van der Waals surface area contributed by atoms with Crippen LogP contribution in [0.25, 0.3) is 0 Å². The molecule has 0 aliphatic rings. The lowest BCUT2D eigenvalue weighted by atomic mass is 10.1. The van der Waals surface area contributed by atoms with Gasteiger partial charge in [-0.2, -0.15) is 0 Å². The number of hydrogen-bond acceptors (Lipinski definition) is 4. The van der Waals surface area contributed by atoms with Crippen molar-refractivity contribution in [2.45, 2.75) is 44.4 Å². The highest BCUT2D eigenvalue weighted by Gasteiger charge is 2.30. The summed E-state index contributed by atoms with van der Waals surface area (Å²) in [6, 6.07) is -0.0198. The van der Waals surface area contributed by atoms with Gasteiger partial charge in [0.2, 0.25) is 5.91 Å². The van der Waals surface area contributed by atoms with Gasteiger partial charge in [-0.1, -0.05) is 0 Å². The van der Waals surface area contributed by atoms with Gasteiger partial charge in [0.05, 0.1) is 4.75 Å². The Morgan fingerprint density at radius 3 is 2.31 bits per heavy atom. The van der Waals surface area contributed by atoms with Crippen molar-refractivity contribution in [2.75, 3.05) is 12.8 Å². The van der Waals surface area contributed by atoms with E-state index in [9.17, 15) is 13.2 Å². The Morgan fingerprint density at radius 2 is 1.94 bits per heavy atom. The highest BCUT2D eigenvalue weighted by molar-refractivity contribution is 7.92. The van der Waals surface area contributed by atoms with E-state index in [2.05, 4.69) is 5.32 Å². The lowest BCUT2D eigenvalue weighted by molar-refractivity contribution is -0.121. The zero-order chi connectivity index (χ0) is 13.0. The number of rotatable bonds is 6. The van der Waals surface area contributed by atoms with Crippen LogP contribution in [0.4, 0.5) is 0 Å². The van der Waals surface area contributed by atoms with E-state index in [1.165, 1.54) is 6.26 Å². The van der Waals surface area contributed by atoms with Crippen molar-refractivity contribution in [2.24, 2.45) is 5.73 Å². The van der Waals surface area contributed by atoms with Crippen molar-refractivity contribution < 1.29 is 13.2 Å². The number of nitrogens with two attached hydrogens (primary N) is 1. The summed E-state index contributed by atoms with van der Waals surface area (Å²) in [5, 5.41) is 2.61. The number of hydrogen-bond donors (Lipinski definition) is 2. The quantitative estimate of drug-likeness (QED) is 0.697. The third-order valence-electron chi connectivity index (χ3n) is 2.54. The molecule has 0 rings (SSSR count). The normalized spacial score (nSPS) is 14.6. The lowest BCUT2D eigenvalue weighted by Gasteiger charge is -2.22. The molecule has 0 aromatic carbocycles. The first kappa shape index (κ1) is 15.4. The van der Waals surface area contributed by atoms with Gasteiger partial charge in [0.15, 0.2) is 9.84 Å². The molecule has 0 aliphatic carbocycles. The predicted octanol–water partition coefficient (Wildman–Crippen LogP) is 0.0532. The van der Waals surface area contributed by atoms with Crippen LogP contribution < -0.4 is 11.1 Å². The minimum Gasteiger partial charge on any atom is -0.355 e. The summed E-state index contributed by atoms with van der Waals surface area (Å²) in [5.74, 6) is -0.158. The second kappa shape index (κ2) is 5.63. The van der Waals surface area contributed by atoms with Crippen LogP contribution in [0.3, 0.4) is 0 Å².